The van der Waals surface area contributed by atoms with Gasteiger partial charge in [0.05, 0.1) is 12.1 Å². The summed E-state index contributed by atoms with van der Waals surface area (Å²) in [5.74, 6) is -0.299. The number of hydrogen-bond acceptors (Lipinski definition) is 3. The molecule has 2 aromatic carbocycles. The fraction of sp³-hybridized carbons (Fsp3) is 0.263. The first kappa shape index (κ1) is 18.5. The van der Waals surface area contributed by atoms with Gasteiger partial charge in [-0.15, -0.1) is 0 Å². The average Bonchev–Trinajstić information content (AvgIpc) is 2.94. The van der Waals surface area contributed by atoms with E-state index in [0.717, 1.165) is 27.4 Å². The number of fused-ring (bicyclic) bond motifs is 1. The first-order valence-electron chi connectivity index (χ1n) is 8.15. The third-order valence-electron chi connectivity index (χ3n) is 4.11. The Hall–Kier alpha value is -2.24. The molecule has 26 heavy (non-hydrogen) atoms. The predicted octanol–water partition coefficient (Wildman–Crippen LogP) is 5.13. The Morgan fingerprint density at radius 3 is 2.54 bits per heavy atom. The standard InChI is InChI=1S/C19H18Cl2N2O3/c1-11-8-14(9-12(2)17(11)21)26-7-3-6-23-16-5-4-13(20)10-15(16)18(22-23)19(24)25/h4-5,8-10H,3,6-7H2,1-2H3,(H,24,25). The number of hydrogen-bond donors (Lipinski definition) is 1. The molecular weight excluding hydrogens is 375 g/mol. The summed E-state index contributed by atoms with van der Waals surface area (Å²) in [4.78, 5) is 11.4. The molecule has 0 bridgehead atoms. The molecule has 0 saturated heterocycles. The lowest BCUT2D eigenvalue weighted by Crippen LogP contribution is -2.07. The van der Waals surface area contributed by atoms with Crippen LogP contribution in [0.5, 0.6) is 5.75 Å². The Morgan fingerprint density at radius 1 is 1.19 bits per heavy atom. The molecule has 0 aliphatic heterocycles. The largest absolute Gasteiger partial charge is 0.494 e. The summed E-state index contributed by atoms with van der Waals surface area (Å²) in [5, 5.41) is 15.3. The molecule has 0 fully saturated rings. The Kier molecular flexibility index (Phi) is 5.39. The highest BCUT2D eigenvalue weighted by Crippen LogP contribution is 2.26. The number of aryl methyl sites for hydroxylation is 3. The van der Waals surface area contributed by atoms with E-state index < -0.39 is 5.97 Å². The van der Waals surface area contributed by atoms with Crippen molar-refractivity contribution in [3.05, 3.63) is 57.2 Å². The minimum absolute atomic E-state index is 0.00682. The van der Waals surface area contributed by atoms with Gasteiger partial charge >= 0.3 is 5.97 Å². The van der Waals surface area contributed by atoms with Crippen molar-refractivity contribution in [2.24, 2.45) is 0 Å². The number of carbonyl (C=O) groups is 1. The quantitative estimate of drug-likeness (QED) is 0.590. The van der Waals surface area contributed by atoms with Crippen molar-refractivity contribution in [3.63, 3.8) is 0 Å². The van der Waals surface area contributed by atoms with Crippen molar-refractivity contribution in [2.45, 2.75) is 26.8 Å². The summed E-state index contributed by atoms with van der Waals surface area (Å²) < 4.78 is 7.47. The molecule has 0 amide bonds. The highest BCUT2D eigenvalue weighted by atomic mass is 35.5. The summed E-state index contributed by atoms with van der Waals surface area (Å²) in [5.41, 5.74) is 2.70. The van der Waals surface area contributed by atoms with Gasteiger partial charge in [-0.2, -0.15) is 5.10 Å². The van der Waals surface area contributed by atoms with Crippen LogP contribution in [0, 0.1) is 13.8 Å². The van der Waals surface area contributed by atoms with Crippen molar-refractivity contribution in [3.8, 4) is 5.75 Å². The molecule has 1 N–H and O–H groups in total. The monoisotopic (exact) mass is 392 g/mol. The lowest BCUT2D eigenvalue weighted by Gasteiger charge is -2.10. The van der Waals surface area contributed by atoms with E-state index in [1.54, 1.807) is 22.9 Å². The van der Waals surface area contributed by atoms with Gasteiger partial charge in [-0.25, -0.2) is 4.79 Å². The molecule has 0 saturated carbocycles. The predicted molar refractivity (Wildman–Crippen MR) is 103 cm³/mol. The number of benzene rings is 2. The van der Waals surface area contributed by atoms with Crippen LogP contribution in [-0.4, -0.2) is 27.5 Å². The minimum Gasteiger partial charge on any atom is -0.494 e. The molecule has 3 aromatic rings. The van der Waals surface area contributed by atoms with Crippen molar-refractivity contribution in [1.82, 2.24) is 9.78 Å². The highest BCUT2D eigenvalue weighted by Gasteiger charge is 2.16. The Bertz CT molecular complexity index is 959. The lowest BCUT2D eigenvalue weighted by atomic mass is 10.1. The third-order valence-corrected chi connectivity index (χ3v) is 4.94. The zero-order chi connectivity index (χ0) is 18.8. The molecule has 0 radical (unpaired) electrons. The second kappa shape index (κ2) is 7.56. The van der Waals surface area contributed by atoms with Crippen LogP contribution in [0.25, 0.3) is 10.9 Å². The van der Waals surface area contributed by atoms with E-state index in [1.165, 1.54) is 0 Å². The number of ether oxygens (including phenoxy) is 1. The van der Waals surface area contributed by atoms with Gasteiger partial charge in [0.15, 0.2) is 5.69 Å². The second-order valence-electron chi connectivity index (χ2n) is 6.11. The van der Waals surface area contributed by atoms with Crippen LogP contribution >= 0.6 is 23.2 Å². The zero-order valence-corrected chi connectivity index (χ0v) is 15.9. The molecule has 0 aliphatic carbocycles. The number of carboxylic acids is 1. The van der Waals surface area contributed by atoms with E-state index in [2.05, 4.69) is 5.10 Å². The number of aromatic carboxylic acids is 1. The van der Waals surface area contributed by atoms with Crippen molar-refractivity contribution >= 4 is 40.1 Å². The third kappa shape index (κ3) is 3.79. The van der Waals surface area contributed by atoms with Crippen LogP contribution < -0.4 is 4.74 Å². The number of aromatic nitrogens is 2. The fourth-order valence-electron chi connectivity index (χ4n) is 2.87. The molecule has 1 heterocycles. The van der Waals surface area contributed by atoms with Gasteiger partial charge in [0.2, 0.25) is 0 Å². The Morgan fingerprint density at radius 2 is 1.88 bits per heavy atom. The molecule has 1 aromatic heterocycles. The maximum atomic E-state index is 11.4. The van der Waals surface area contributed by atoms with E-state index in [-0.39, 0.29) is 5.69 Å². The van der Waals surface area contributed by atoms with Gasteiger partial charge in [-0.1, -0.05) is 23.2 Å². The van der Waals surface area contributed by atoms with Gasteiger partial charge in [0.1, 0.15) is 5.75 Å². The van der Waals surface area contributed by atoms with E-state index >= 15 is 0 Å². The lowest BCUT2D eigenvalue weighted by molar-refractivity contribution is 0.0691. The molecule has 0 aliphatic rings. The summed E-state index contributed by atoms with van der Waals surface area (Å²) >= 11 is 12.1. The van der Waals surface area contributed by atoms with E-state index in [4.69, 9.17) is 27.9 Å². The number of rotatable bonds is 6. The van der Waals surface area contributed by atoms with Gasteiger partial charge < -0.3 is 9.84 Å². The van der Waals surface area contributed by atoms with Crippen LogP contribution in [0.3, 0.4) is 0 Å². The van der Waals surface area contributed by atoms with Crippen LogP contribution in [0.4, 0.5) is 0 Å². The van der Waals surface area contributed by atoms with Crippen LogP contribution in [0.15, 0.2) is 30.3 Å². The second-order valence-corrected chi connectivity index (χ2v) is 6.93. The smallest absolute Gasteiger partial charge is 0.357 e. The molecular formula is C19H18Cl2N2O3. The molecule has 0 unspecified atom stereocenters. The van der Waals surface area contributed by atoms with E-state index in [0.29, 0.717) is 30.0 Å². The van der Waals surface area contributed by atoms with Crippen molar-refractivity contribution in [1.29, 1.82) is 0 Å². The van der Waals surface area contributed by atoms with Gasteiger partial charge in [0, 0.05) is 28.4 Å². The maximum Gasteiger partial charge on any atom is 0.357 e. The summed E-state index contributed by atoms with van der Waals surface area (Å²) in [7, 11) is 0. The van der Waals surface area contributed by atoms with E-state index in [1.807, 2.05) is 26.0 Å². The minimum atomic E-state index is -1.07. The van der Waals surface area contributed by atoms with Gasteiger partial charge in [-0.05, 0) is 55.3 Å². The first-order valence-corrected chi connectivity index (χ1v) is 8.91. The average molecular weight is 393 g/mol. The van der Waals surface area contributed by atoms with Crippen LogP contribution in [0.2, 0.25) is 10.0 Å². The van der Waals surface area contributed by atoms with Gasteiger partial charge in [0.25, 0.3) is 0 Å². The number of halogens is 2. The molecule has 136 valence electrons. The molecule has 3 rings (SSSR count). The van der Waals surface area contributed by atoms with Crippen molar-refractivity contribution < 1.29 is 14.6 Å². The zero-order valence-electron chi connectivity index (χ0n) is 14.4. The Balaban J connectivity index is 1.70. The highest BCUT2D eigenvalue weighted by molar-refractivity contribution is 6.32. The summed E-state index contributed by atoms with van der Waals surface area (Å²) in [6.45, 7) is 4.90. The summed E-state index contributed by atoms with van der Waals surface area (Å²) in [6, 6.07) is 8.94. The topological polar surface area (TPSA) is 64.4 Å². The SMILES string of the molecule is Cc1cc(OCCCn2nc(C(=O)O)c3cc(Cl)ccc32)cc(C)c1Cl. The van der Waals surface area contributed by atoms with E-state index in [9.17, 15) is 9.90 Å². The van der Waals surface area contributed by atoms with Crippen molar-refractivity contribution in [2.75, 3.05) is 6.61 Å². The fourth-order valence-corrected chi connectivity index (χ4v) is 3.15. The normalized spacial score (nSPS) is 11.1. The number of nitrogens with zero attached hydrogens (tertiary/aromatic N) is 2. The molecule has 5 nitrogen and oxygen atoms in total. The van der Waals surface area contributed by atoms with Crippen LogP contribution in [-0.2, 0) is 6.54 Å². The first-order chi connectivity index (χ1) is 12.4. The molecule has 0 spiro atoms. The van der Waals surface area contributed by atoms with Crippen LogP contribution in [0.1, 0.15) is 28.0 Å². The molecule has 0 atom stereocenters. The molecule has 7 heteroatoms. The summed E-state index contributed by atoms with van der Waals surface area (Å²) in [6.07, 6.45) is 0.680. The Labute approximate surface area is 161 Å². The number of carboxylic acid groups (broad SMARTS) is 1. The maximum absolute atomic E-state index is 11.4. The van der Waals surface area contributed by atoms with Gasteiger partial charge in [-0.3, -0.25) is 4.68 Å².